The van der Waals surface area contributed by atoms with E-state index in [9.17, 15) is 4.39 Å². The van der Waals surface area contributed by atoms with Crippen molar-refractivity contribution in [2.45, 2.75) is 43.9 Å². The molecule has 0 saturated carbocycles. The zero-order valence-corrected chi connectivity index (χ0v) is 12.9. The number of rotatable bonds is 3. The van der Waals surface area contributed by atoms with Gasteiger partial charge in [0.05, 0.1) is 5.38 Å². The maximum atomic E-state index is 13.7. The van der Waals surface area contributed by atoms with Crippen molar-refractivity contribution >= 4 is 22.9 Å². The van der Waals surface area contributed by atoms with Crippen molar-refractivity contribution in [2.75, 3.05) is 0 Å². The van der Waals surface area contributed by atoms with E-state index < -0.39 is 0 Å². The van der Waals surface area contributed by atoms with Gasteiger partial charge in [-0.3, -0.25) is 0 Å². The molecule has 0 N–H and O–H groups in total. The minimum atomic E-state index is -0.156. The van der Waals surface area contributed by atoms with Crippen LogP contribution in [0.15, 0.2) is 30.3 Å². The Labute approximate surface area is 128 Å². The van der Waals surface area contributed by atoms with Crippen molar-refractivity contribution < 1.29 is 4.39 Å². The Kier molecular flexibility index (Phi) is 4.42. The molecular weight excluding hydrogens is 291 g/mol. The number of benzene rings is 1. The van der Waals surface area contributed by atoms with E-state index in [1.165, 1.54) is 53.5 Å². The van der Waals surface area contributed by atoms with Crippen molar-refractivity contribution in [3.8, 4) is 0 Å². The molecule has 1 aliphatic carbocycles. The molecule has 1 aliphatic rings. The molecule has 1 heterocycles. The van der Waals surface area contributed by atoms with E-state index in [2.05, 4.69) is 6.07 Å². The number of hydrogen-bond acceptors (Lipinski definition) is 1. The quantitative estimate of drug-likeness (QED) is 0.505. The predicted molar refractivity (Wildman–Crippen MR) is 84.3 cm³/mol. The first-order valence-corrected chi connectivity index (χ1v) is 8.48. The van der Waals surface area contributed by atoms with E-state index >= 15 is 0 Å². The standard InChI is InChI=1S/C17H18ClFS/c18-14(10-12-6-4-5-8-15(12)19)17-11-13-7-2-1-3-9-16(13)20-17/h4-6,8,11,14H,1-3,7,9-10H2. The van der Waals surface area contributed by atoms with Crippen molar-refractivity contribution in [1.82, 2.24) is 0 Å². The van der Waals surface area contributed by atoms with Gasteiger partial charge in [0.25, 0.3) is 0 Å². The van der Waals surface area contributed by atoms with Crippen molar-refractivity contribution in [3.63, 3.8) is 0 Å². The van der Waals surface area contributed by atoms with Crippen molar-refractivity contribution in [1.29, 1.82) is 0 Å². The minimum absolute atomic E-state index is 0.121. The molecule has 1 aromatic heterocycles. The van der Waals surface area contributed by atoms with E-state index in [0.717, 1.165) is 0 Å². The van der Waals surface area contributed by atoms with Gasteiger partial charge >= 0.3 is 0 Å². The molecule has 1 unspecified atom stereocenters. The second-order valence-corrected chi connectivity index (χ2v) is 7.12. The van der Waals surface area contributed by atoms with E-state index in [-0.39, 0.29) is 11.2 Å². The molecule has 0 aliphatic heterocycles. The normalized spacial score (nSPS) is 16.5. The number of alkyl halides is 1. The van der Waals surface area contributed by atoms with Crippen LogP contribution in [-0.2, 0) is 19.3 Å². The largest absolute Gasteiger partial charge is 0.207 e. The summed E-state index contributed by atoms with van der Waals surface area (Å²) in [6.45, 7) is 0. The van der Waals surface area contributed by atoms with Gasteiger partial charge in [-0.25, -0.2) is 4.39 Å². The number of halogens is 2. The van der Waals surface area contributed by atoms with Gasteiger partial charge in [-0.15, -0.1) is 22.9 Å². The fraction of sp³-hybridized carbons (Fsp3) is 0.412. The molecule has 0 spiro atoms. The Bertz CT molecular complexity index is 567. The molecule has 0 saturated heterocycles. The van der Waals surface area contributed by atoms with Crippen LogP contribution in [-0.4, -0.2) is 0 Å². The van der Waals surface area contributed by atoms with Crippen LogP contribution in [0.1, 0.15) is 45.5 Å². The Hall–Kier alpha value is -0.860. The highest BCUT2D eigenvalue weighted by molar-refractivity contribution is 7.12. The smallest absolute Gasteiger partial charge is 0.126 e. The lowest BCUT2D eigenvalue weighted by Crippen LogP contribution is -1.96. The molecule has 3 heteroatoms. The Balaban J connectivity index is 1.77. The van der Waals surface area contributed by atoms with Crippen LogP contribution in [0.25, 0.3) is 0 Å². The molecule has 0 radical (unpaired) electrons. The summed E-state index contributed by atoms with van der Waals surface area (Å²) in [5.41, 5.74) is 2.18. The molecule has 0 amide bonds. The molecule has 0 bridgehead atoms. The van der Waals surface area contributed by atoms with Gasteiger partial charge in [0.15, 0.2) is 0 Å². The van der Waals surface area contributed by atoms with Crippen molar-refractivity contribution in [2.24, 2.45) is 0 Å². The van der Waals surface area contributed by atoms with Crippen LogP contribution >= 0.6 is 22.9 Å². The molecule has 1 atom stereocenters. The van der Waals surface area contributed by atoms with Gasteiger partial charge in [0.1, 0.15) is 5.82 Å². The first kappa shape index (κ1) is 14.1. The average Bonchev–Trinajstić information content (AvgIpc) is 2.73. The highest BCUT2D eigenvalue weighted by Crippen LogP contribution is 2.36. The summed E-state index contributed by atoms with van der Waals surface area (Å²) in [6, 6.07) is 9.16. The number of fused-ring (bicyclic) bond motifs is 1. The summed E-state index contributed by atoms with van der Waals surface area (Å²) >= 11 is 8.34. The molecule has 106 valence electrons. The monoisotopic (exact) mass is 308 g/mol. The molecule has 0 nitrogen and oxygen atoms in total. The number of thiophene rings is 1. The van der Waals surface area contributed by atoms with E-state index in [1.54, 1.807) is 6.07 Å². The number of hydrogen-bond donors (Lipinski definition) is 0. The van der Waals surface area contributed by atoms with E-state index in [4.69, 9.17) is 11.6 Å². The average molecular weight is 309 g/mol. The van der Waals surface area contributed by atoms with Gasteiger partial charge in [-0.05, 0) is 55.4 Å². The summed E-state index contributed by atoms with van der Waals surface area (Å²) in [5, 5.41) is -0.121. The summed E-state index contributed by atoms with van der Waals surface area (Å²) < 4.78 is 13.7. The molecule has 2 aromatic rings. The lowest BCUT2D eigenvalue weighted by Gasteiger charge is -2.08. The highest BCUT2D eigenvalue weighted by atomic mass is 35.5. The Morgan fingerprint density at radius 2 is 1.95 bits per heavy atom. The second-order valence-electron chi connectivity index (χ2n) is 5.42. The lowest BCUT2D eigenvalue weighted by molar-refractivity contribution is 0.607. The topological polar surface area (TPSA) is 0 Å². The van der Waals surface area contributed by atoms with Gasteiger partial charge in [0.2, 0.25) is 0 Å². The van der Waals surface area contributed by atoms with Crippen LogP contribution in [0, 0.1) is 5.82 Å². The minimum Gasteiger partial charge on any atom is -0.207 e. The van der Waals surface area contributed by atoms with E-state index in [0.29, 0.717) is 12.0 Å². The van der Waals surface area contributed by atoms with Gasteiger partial charge in [-0.2, -0.15) is 0 Å². The summed E-state index contributed by atoms with van der Waals surface area (Å²) in [5.74, 6) is -0.156. The molecule has 20 heavy (non-hydrogen) atoms. The first-order valence-electron chi connectivity index (χ1n) is 7.23. The third-order valence-electron chi connectivity index (χ3n) is 3.93. The number of aryl methyl sites for hydroxylation is 2. The maximum absolute atomic E-state index is 13.7. The molecule has 0 fully saturated rings. The fourth-order valence-corrected chi connectivity index (χ4v) is 4.40. The second kappa shape index (κ2) is 6.28. The molecular formula is C17H18ClFS. The molecule has 3 rings (SSSR count). The summed E-state index contributed by atoms with van der Waals surface area (Å²) in [4.78, 5) is 2.69. The van der Waals surface area contributed by atoms with Gasteiger partial charge in [-0.1, -0.05) is 24.6 Å². The highest BCUT2D eigenvalue weighted by Gasteiger charge is 2.18. The third-order valence-corrected chi connectivity index (χ3v) is 5.80. The van der Waals surface area contributed by atoms with Crippen LogP contribution in [0.3, 0.4) is 0 Å². The van der Waals surface area contributed by atoms with Crippen LogP contribution in [0.5, 0.6) is 0 Å². The molecule has 1 aromatic carbocycles. The SMILES string of the molecule is Fc1ccccc1CC(Cl)c1cc2c(s1)CCCCC2. The van der Waals surface area contributed by atoms with Crippen molar-refractivity contribution in [3.05, 3.63) is 57.0 Å². The Morgan fingerprint density at radius 1 is 1.15 bits per heavy atom. The summed E-state index contributed by atoms with van der Waals surface area (Å²) in [6.07, 6.45) is 6.82. The zero-order chi connectivity index (χ0) is 13.9. The van der Waals surface area contributed by atoms with Crippen LogP contribution < -0.4 is 0 Å². The van der Waals surface area contributed by atoms with Gasteiger partial charge in [0, 0.05) is 9.75 Å². The van der Waals surface area contributed by atoms with Crippen LogP contribution in [0.2, 0.25) is 0 Å². The third kappa shape index (κ3) is 3.07. The zero-order valence-electron chi connectivity index (χ0n) is 11.4. The van der Waals surface area contributed by atoms with Gasteiger partial charge < -0.3 is 0 Å². The van der Waals surface area contributed by atoms with Crippen LogP contribution in [0.4, 0.5) is 4.39 Å². The fourth-order valence-electron chi connectivity index (χ4n) is 2.80. The lowest BCUT2D eigenvalue weighted by atomic mass is 10.1. The predicted octanol–water partition coefficient (Wildman–Crippen LogP) is 5.68. The Morgan fingerprint density at radius 3 is 2.80 bits per heavy atom. The maximum Gasteiger partial charge on any atom is 0.126 e. The first-order chi connectivity index (χ1) is 9.74. The summed E-state index contributed by atoms with van der Waals surface area (Å²) in [7, 11) is 0. The van der Waals surface area contributed by atoms with E-state index in [1.807, 2.05) is 23.5 Å².